The molecule has 2 saturated carbocycles. The first-order chi connectivity index (χ1) is 19.0. The topological polar surface area (TPSA) is 117 Å². The molecule has 0 unspecified atom stereocenters. The Bertz CT molecular complexity index is 1250. The molecule has 0 spiro atoms. The van der Waals surface area contributed by atoms with Crippen LogP contribution in [0.2, 0.25) is 0 Å². The zero-order valence-electron chi connectivity index (χ0n) is 23.0. The average molecular weight is 558 g/mol. The number of benzene rings is 1. The second kappa shape index (κ2) is 11.3. The third kappa shape index (κ3) is 5.89. The molecule has 2 aromatic rings. The van der Waals surface area contributed by atoms with Crippen molar-refractivity contribution < 1.29 is 28.3 Å². The molecule has 9 nitrogen and oxygen atoms in total. The molecule has 1 aromatic heterocycles. The minimum Gasteiger partial charge on any atom is -0.388 e. The average Bonchev–Trinajstić information content (AvgIpc) is 3.85. The summed E-state index contributed by atoms with van der Waals surface area (Å²) >= 11 is 0. The van der Waals surface area contributed by atoms with Crippen molar-refractivity contribution in [1.29, 1.82) is 0 Å². The number of nitrogens with zero attached hydrogens (tertiary/aromatic N) is 3. The Kier molecular flexibility index (Phi) is 7.94. The molecule has 2 heterocycles. The number of aromatic nitrogens is 2. The Morgan fingerprint density at radius 1 is 1.05 bits per heavy atom. The normalized spacial score (nSPS) is 22.4. The Morgan fingerprint density at radius 3 is 2.27 bits per heavy atom. The van der Waals surface area contributed by atoms with Crippen molar-refractivity contribution in [2.45, 2.75) is 76.7 Å². The molecule has 3 fully saturated rings. The molecule has 3 aliphatic rings. The van der Waals surface area contributed by atoms with E-state index in [-0.39, 0.29) is 30.7 Å². The third-order valence-corrected chi connectivity index (χ3v) is 8.33. The lowest BCUT2D eigenvalue weighted by molar-refractivity contribution is -0.131. The first kappa shape index (κ1) is 28.2. The summed E-state index contributed by atoms with van der Waals surface area (Å²) in [7, 11) is 0. The molecule has 1 aromatic carbocycles. The van der Waals surface area contributed by atoms with Crippen LogP contribution in [0.15, 0.2) is 30.5 Å². The number of anilines is 1. The van der Waals surface area contributed by atoms with Crippen LogP contribution in [0.5, 0.6) is 0 Å². The number of nitrogens with one attached hydrogen (secondary N) is 2. The van der Waals surface area contributed by atoms with E-state index in [0.29, 0.717) is 23.1 Å². The van der Waals surface area contributed by atoms with E-state index in [0.717, 1.165) is 25.7 Å². The fourth-order valence-corrected chi connectivity index (χ4v) is 5.80. The van der Waals surface area contributed by atoms with E-state index < -0.39 is 47.8 Å². The van der Waals surface area contributed by atoms with Crippen LogP contribution in [-0.2, 0) is 9.59 Å². The summed E-state index contributed by atoms with van der Waals surface area (Å²) in [5.74, 6) is -2.12. The molecule has 0 radical (unpaired) electrons. The van der Waals surface area contributed by atoms with Gasteiger partial charge < -0.3 is 20.6 Å². The molecule has 5 rings (SSSR count). The van der Waals surface area contributed by atoms with Gasteiger partial charge in [-0.15, -0.1) is 0 Å². The molecule has 3 amide bonds. The molecule has 3 N–H and O–H groups in total. The number of likely N-dealkylation sites (tertiary alicyclic amines) is 1. The lowest BCUT2D eigenvalue weighted by atomic mass is 9.88. The van der Waals surface area contributed by atoms with E-state index in [2.05, 4.69) is 15.7 Å². The number of alkyl halides is 1. The van der Waals surface area contributed by atoms with Crippen molar-refractivity contribution in [2.75, 3.05) is 18.4 Å². The Morgan fingerprint density at radius 2 is 1.73 bits per heavy atom. The summed E-state index contributed by atoms with van der Waals surface area (Å²) in [6, 6.07) is 4.88. The number of halogens is 2. The molecular weight excluding hydrogens is 520 g/mol. The SMILES string of the molecule is CC(C)n1nccc1C(=O)N[C@H](C(=O)Nc1ccc([C@H](C)C(=O)N2C[C@@H](O)[C@@H](F)C2)cc1F)C(C1CC1)C1CC1. The number of amides is 3. The number of hydrogen-bond acceptors (Lipinski definition) is 5. The number of carbonyl (C=O) groups is 3. The van der Waals surface area contributed by atoms with E-state index in [1.165, 1.54) is 17.0 Å². The molecule has 11 heteroatoms. The van der Waals surface area contributed by atoms with Crippen LogP contribution in [0, 0.1) is 23.6 Å². The van der Waals surface area contributed by atoms with Gasteiger partial charge in [0.25, 0.3) is 5.91 Å². The van der Waals surface area contributed by atoms with Gasteiger partial charge in [-0.3, -0.25) is 19.1 Å². The second-order valence-electron chi connectivity index (χ2n) is 11.7. The molecule has 4 atom stereocenters. The van der Waals surface area contributed by atoms with Gasteiger partial charge in [0.1, 0.15) is 29.8 Å². The third-order valence-electron chi connectivity index (χ3n) is 8.33. The first-order valence-corrected chi connectivity index (χ1v) is 14.1. The maximum Gasteiger partial charge on any atom is 0.270 e. The summed E-state index contributed by atoms with van der Waals surface area (Å²) in [6.07, 6.45) is 2.81. The van der Waals surface area contributed by atoms with Crippen molar-refractivity contribution in [3.63, 3.8) is 0 Å². The summed E-state index contributed by atoms with van der Waals surface area (Å²) in [5.41, 5.74) is 0.681. The second-order valence-corrected chi connectivity index (χ2v) is 11.7. The van der Waals surface area contributed by atoms with Crippen molar-refractivity contribution >= 4 is 23.4 Å². The molecule has 0 bridgehead atoms. The number of hydrogen-bond donors (Lipinski definition) is 3. The summed E-state index contributed by atoms with van der Waals surface area (Å²) in [5, 5.41) is 19.5. The Balaban J connectivity index is 1.32. The number of rotatable bonds is 10. The molecule has 1 saturated heterocycles. The first-order valence-electron chi connectivity index (χ1n) is 14.1. The van der Waals surface area contributed by atoms with Crippen LogP contribution in [0.4, 0.5) is 14.5 Å². The van der Waals surface area contributed by atoms with Crippen LogP contribution in [0.1, 0.15) is 74.5 Å². The lowest BCUT2D eigenvalue weighted by Gasteiger charge is -2.28. The Labute approximate surface area is 232 Å². The fraction of sp³-hybridized carbons (Fsp3) is 0.586. The van der Waals surface area contributed by atoms with Crippen molar-refractivity contribution in [3.8, 4) is 0 Å². The largest absolute Gasteiger partial charge is 0.388 e. The van der Waals surface area contributed by atoms with Crippen LogP contribution in [0.25, 0.3) is 0 Å². The number of aliphatic hydroxyl groups excluding tert-OH is 1. The van der Waals surface area contributed by atoms with Gasteiger partial charge in [-0.05, 0) is 88.0 Å². The summed E-state index contributed by atoms with van der Waals surface area (Å²) in [6.45, 7) is 5.12. The van der Waals surface area contributed by atoms with Crippen LogP contribution >= 0.6 is 0 Å². The smallest absolute Gasteiger partial charge is 0.270 e. The van der Waals surface area contributed by atoms with Gasteiger partial charge in [0, 0.05) is 18.8 Å². The zero-order valence-corrected chi connectivity index (χ0v) is 23.0. The molecule has 40 heavy (non-hydrogen) atoms. The quantitative estimate of drug-likeness (QED) is 0.414. The number of β-amino-alcohol motifs (C(OH)–C–C–N with tert-alkyl or cyclic N) is 1. The molecular formula is C29H37F2N5O4. The summed E-state index contributed by atoms with van der Waals surface area (Å²) < 4.78 is 30.5. The van der Waals surface area contributed by atoms with Gasteiger partial charge in [0.05, 0.1) is 18.2 Å². The highest BCUT2D eigenvalue weighted by Gasteiger charge is 2.48. The van der Waals surface area contributed by atoms with Crippen molar-refractivity contribution in [1.82, 2.24) is 20.0 Å². The highest BCUT2D eigenvalue weighted by atomic mass is 19.1. The molecule has 1 aliphatic heterocycles. The van der Waals surface area contributed by atoms with Gasteiger partial charge >= 0.3 is 0 Å². The maximum atomic E-state index is 15.2. The highest BCUT2D eigenvalue weighted by molar-refractivity contribution is 6.01. The standard InChI is InChI=1S/C29H37F2N5O4/c1-15(2)36-23(10-11-32-36)27(38)34-26(25(17-4-5-17)18-6-7-18)28(39)33-22-9-8-19(12-20(22)30)16(3)29(40)35-13-21(31)24(37)14-35/h8-12,15-18,21,24-26,37H,4-7,13-14H2,1-3H3,(H,33,39)(H,34,38)/t16-,21-,24+,26-/m0/s1. The molecule has 216 valence electrons. The summed E-state index contributed by atoms with van der Waals surface area (Å²) in [4.78, 5) is 40.9. The van der Waals surface area contributed by atoms with Crippen LogP contribution in [0.3, 0.4) is 0 Å². The van der Waals surface area contributed by atoms with Gasteiger partial charge in [-0.1, -0.05) is 6.07 Å². The molecule has 2 aliphatic carbocycles. The highest BCUT2D eigenvalue weighted by Crippen LogP contribution is 2.51. The fourth-order valence-electron chi connectivity index (χ4n) is 5.80. The van der Waals surface area contributed by atoms with E-state index >= 15 is 4.39 Å². The number of aliphatic hydroxyl groups is 1. The Hall–Kier alpha value is -3.34. The lowest BCUT2D eigenvalue weighted by Crippen LogP contribution is -2.50. The van der Waals surface area contributed by atoms with Gasteiger partial charge in [0.2, 0.25) is 11.8 Å². The van der Waals surface area contributed by atoms with E-state index in [1.807, 2.05) is 13.8 Å². The zero-order chi connectivity index (χ0) is 28.7. The predicted molar refractivity (Wildman–Crippen MR) is 144 cm³/mol. The number of carbonyl (C=O) groups excluding carboxylic acids is 3. The minimum absolute atomic E-state index is 0.0329. The van der Waals surface area contributed by atoms with Crippen LogP contribution in [-0.4, -0.2) is 68.9 Å². The minimum atomic E-state index is -1.50. The predicted octanol–water partition coefficient (Wildman–Crippen LogP) is 3.42. The van der Waals surface area contributed by atoms with E-state index in [9.17, 15) is 23.9 Å². The van der Waals surface area contributed by atoms with Gasteiger partial charge in [-0.25, -0.2) is 8.78 Å². The van der Waals surface area contributed by atoms with Crippen molar-refractivity contribution in [3.05, 3.63) is 47.5 Å². The van der Waals surface area contributed by atoms with E-state index in [1.54, 1.807) is 29.9 Å². The van der Waals surface area contributed by atoms with Crippen molar-refractivity contribution in [2.24, 2.45) is 17.8 Å². The monoisotopic (exact) mass is 557 g/mol. The van der Waals surface area contributed by atoms with Crippen LogP contribution < -0.4 is 10.6 Å². The maximum absolute atomic E-state index is 15.2. The van der Waals surface area contributed by atoms with Gasteiger partial charge in [0.15, 0.2) is 0 Å². The van der Waals surface area contributed by atoms with Gasteiger partial charge in [-0.2, -0.15) is 5.10 Å². The van der Waals surface area contributed by atoms with E-state index in [4.69, 9.17) is 0 Å².